The molecular formula is C18H14FN3O5S. The van der Waals surface area contributed by atoms with Crippen molar-refractivity contribution in [1.29, 1.82) is 0 Å². The normalized spacial score (nSPS) is 11.2. The molecule has 1 heterocycles. The number of carboxylic acids is 1. The number of nitrogens with one attached hydrogen (secondary N) is 2. The molecule has 0 saturated carbocycles. The minimum absolute atomic E-state index is 0.0364. The number of aromatic carboxylic acids is 1. The Morgan fingerprint density at radius 2 is 1.79 bits per heavy atom. The first-order chi connectivity index (χ1) is 13.2. The Morgan fingerprint density at radius 1 is 1.11 bits per heavy atom. The molecule has 0 atom stereocenters. The summed E-state index contributed by atoms with van der Waals surface area (Å²) in [6, 6.07) is 9.90. The van der Waals surface area contributed by atoms with Gasteiger partial charge < -0.3 is 10.4 Å². The van der Waals surface area contributed by atoms with Crippen LogP contribution in [0.3, 0.4) is 0 Å². The van der Waals surface area contributed by atoms with Crippen LogP contribution in [0.2, 0.25) is 0 Å². The summed E-state index contributed by atoms with van der Waals surface area (Å²) in [6.45, 7) is 0. The molecule has 10 heteroatoms. The average molecular weight is 403 g/mol. The van der Waals surface area contributed by atoms with Gasteiger partial charge >= 0.3 is 5.97 Å². The van der Waals surface area contributed by atoms with E-state index in [-0.39, 0.29) is 27.3 Å². The SMILES string of the molecule is CS(=O)(=O)c1ccccc1-c1cccc(F)c1NC(=O)c1cn[nH]c1C(=O)O. The molecule has 0 fully saturated rings. The van der Waals surface area contributed by atoms with Crippen LogP contribution in [-0.2, 0) is 9.84 Å². The van der Waals surface area contributed by atoms with Crippen molar-refractivity contribution < 1.29 is 27.5 Å². The fourth-order valence-electron chi connectivity index (χ4n) is 2.69. The molecule has 0 bridgehead atoms. The number of benzene rings is 2. The third kappa shape index (κ3) is 3.62. The number of hydrogen-bond donors (Lipinski definition) is 3. The molecule has 0 aliphatic rings. The Balaban J connectivity index is 2.12. The Bertz CT molecular complexity index is 1190. The van der Waals surface area contributed by atoms with Crippen molar-refractivity contribution in [2.75, 3.05) is 11.6 Å². The molecule has 3 N–H and O–H groups in total. The zero-order chi connectivity index (χ0) is 20.5. The summed E-state index contributed by atoms with van der Waals surface area (Å²) in [5, 5.41) is 17.1. The Labute approximate surface area is 158 Å². The van der Waals surface area contributed by atoms with Gasteiger partial charge in [-0.1, -0.05) is 30.3 Å². The molecule has 3 rings (SSSR count). The predicted octanol–water partition coefficient (Wildman–Crippen LogP) is 2.57. The van der Waals surface area contributed by atoms with E-state index in [1.54, 1.807) is 6.07 Å². The van der Waals surface area contributed by atoms with Crippen molar-refractivity contribution in [2.45, 2.75) is 4.90 Å². The molecule has 0 aliphatic heterocycles. The number of rotatable bonds is 5. The minimum Gasteiger partial charge on any atom is -0.477 e. The number of carbonyl (C=O) groups excluding carboxylic acids is 1. The van der Waals surface area contributed by atoms with Crippen molar-refractivity contribution >= 4 is 27.4 Å². The molecule has 0 spiro atoms. The van der Waals surface area contributed by atoms with E-state index < -0.39 is 33.2 Å². The van der Waals surface area contributed by atoms with Crippen LogP contribution < -0.4 is 5.32 Å². The van der Waals surface area contributed by atoms with E-state index in [0.29, 0.717) is 0 Å². The molecule has 3 aromatic rings. The number of carboxylic acid groups (broad SMARTS) is 1. The second-order valence-electron chi connectivity index (χ2n) is 5.85. The molecule has 2 aromatic carbocycles. The third-order valence-electron chi connectivity index (χ3n) is 3.93. The minimum atomic E-state index is -3.63. The van der Waals surface area contributed by atoms with E-state index in [1.165, 1.54) is 30.3 Å². The second-order valence-corrected chi connectivity index (χ2v) is 7.83. The van der Waals surface area contributed by atoms with Gasteiger partial charge in [-0.3, -0.25) is 9.89 Å². The quantitative estimate of drug-likeness (QED) is 0.600. The van der Waals surface area contributed by atoms with Crippen molar-refractivity contribution in [3.05, 3.63) is 65.7 Å². The number of nitrogens with zero attached hydrogens (tertiary/aromatic N) is 1. The van der Waals surface area contributed by atoms with Crippen molar-refractivity contribution in [1.82, 2.24) is 10.2 Å². The van der Waals surface area contributed by atoms with Crippen LogP contribution in [0, 0.1) is 5.82 Å². The van der Waals surface area contributed by atoms with Gasteiger partial charge in [-0.15, -0.1) is 0 Å². The second kappa shape index (κ2) is 7.24. The van der Waals surface area contributed by atoms with E-state index >= 15 is 0 Å². The van der Waals surface area contributed by atoms with Crippen molar-refractivity contribution in [2.24, 2.45) is 0 Å². The van der Waals surface area contributed by atoms with E-state index in [4.69, 9.17) is 5.11 Å². The number of aromatic nitrogens is 2. The summed E-state index contributed by atoms with van der Waals surface area (Å²) >= 11 is 0. The Kier molecular flexibility index (Phi) is 4.97. The van der Waals surface area contributed by atoms with Crippen LogP contribution in [0.15, 0.2) is 53.6 Å². The topological polar surface area (TPSA) is 129 Å². The van der Waals surface area contributed by atoms with Crippen LogP contribution in [0.5, 0.6) is 0 Å². The number of hydrogen-bond acceptors (Lipinski definition) is 5. The lowest BCUT2D eigenvalue weighted by Crippen LogP contribution is -2.17. The van der Waals surface area contributed by atoms with Gasteiger partial charge in [-0.2, -0.15) is 5.10 Å². The summed E-state index contributed by atoms with van der Waals surface area (Å²) < 4.78 is 38.7. The molecule has 144 valence electrons. The lowest BCUT2D eigenvalue weighted by molar-refractivity contribution is 0.0686. The molecule has 0 radical (unpaired) electrons. The maximum atomic E-state index is 14.5. The average Bonchev–Trinajstić information content (AvgIpc) is 3.13. The summed E-state index contributed by atoms with van der Waals surface area (Å²) in [5.74, 6) is -3.12. The van der Waals surface area contributed by atoms with E-state index in [0.717, 1.165) is 18.5 Å². The number of sulfone groups is 1. The maximum Gasteiger partial charge on any atom is 0.354 e. The smallest absolute Gasteiger partial charge is 0.354 e. The Hall–Kier alpha value is -3.53. The van der Waals surface area contributed by atoms with Crippen LogP contribution in [0.25, 0.3) is 11.1 Å². The predicted molar refractivity (Wildman–Crippen MR) is 98.4 cm³/mol. The monoisotopic (exact) mass is 403 g/mol. The lowest BCUT2D eigenvalue weighted by Gasteiger charge is -2.14. The van der Waals surface area contributed by atoms with Gasteiger partial charge in [0.05, 0.1) is 22.3 Å². The van der Waals surface area contributed by atoms with Crippen LogP contribution >= 0.6 is 0 Å². The third-order valence-corrected chi connectivity index (χ3v) is 5.08. The van der Waals surface area contributed by atoms with Gasteiger partial charge in [0.25, 0.3) is 5.91 Å². The molecule has 1 amide bonds. The summed E-state index contributed by atoms with van der Waals surface area (Å²) in [7, 11) is -3.63. The highest BCUT2D eigenvalue weighted by Gasteiger charge is 2.23. The van der Waals surface area contributed by atoms with E-state index in [2.05, 4.69) is 15.5 Å². The van der Waals surface area contributed by atoms with E-state index in [1.807, 2.05) is 0 Å². The highest BCUT2D eigenvalue weighted by atomic mass is 32.2. The molecule has 0 unspecified atom stereocenters. The molecular weight excluding hydrogens is 389 g/mol. The summed E-state index contributed by atoms with van der Waals surface area (Å²) in [5.41, 5.74) is -0.689. The van der Waals surface area contributed by atoms with Gasteiger partial charge in [0, 0.05) is 17.4 Å². The first kappa shape index (κ1) is 19.2. The largest absolute Gasteiger partial charge is 0.477 e. The van der Waals surface area contributed by atoms with Gasteiger partial charge in [0.2, 0.25) is 0 Å². The van der Waals surface area contributed by atoms with Crippen molar-refractivity contribution in [3.63, 3.8) is 0 Å². The zero-order valence-electron chi connectivity index (χ0n) is 14.4. The zero-order valence-corrected chi connectivity index (χ0v) is 15.2. The first-order valence-corrected chi connectivity index (χ1v) is 9.75. The first-order valence-electron chi connectivity index (χ1n) is 7.86. The van der Waals surface area contributed by atoms with Gasteiger partial charge in [0.15, 0.2) is 15.5 Å². The van der Waals surface area contributed by atoms with Gasteiger partial charge in [-0.25, -0.2) is 17.6 Å². The number of carbonyl (C=O) groups is 2. The molecule has 8 nitrogen and oxygen atoms in total. The number of halogens is 1. The molecule has 0 saturated heterocycles. The van der Waals surface area contributed by atoms with Gasteiger partial charge in [0.1, 0.15) is 5.82 Å². The standard InChI is InChI=1S/C18H14FN3O5S/c1-28(26,27)14-8-3-2-5-10(14)11-6-4-7-13(19)15(11)21-17(23)12-9-20-22-16(12)18(24)25/h2-9H,1H3,(H,20,22)(H,21,23)(H,24,25). The summed E-state index contributed by atoms with van der Waals surface area (Å²) in [4.78, 5) is 23.6. The maximum absolute atomic E-state index is 14.5. The highest BCUT2D eigenvalue weighted by molar-refractivity contribution is 7.90. The van der Waals surface area contributed by atoms with Crippen LogP contribution in [0.4, 0.5) is 10.1 Å². The van der Waals surface area contributed by atoms with Crippen LogP contribution in [-0.4, -0.2) is 41.9 Å². The number of para-hydroxylation sites is 1. The number of aromatic amines is 1. The molecule has 0 aliphatic carbocycles. The lowest BCUT2D eigenvalue weighted by atomic mass is 10.0. The number of amides is 1. The fraction of sp³-hybridized carbons (Fsp3) is 0.0556. The highest BCUT2D eigenvalue weighted by Crippen LogP contribution is 2.35. The van der Waals surface area contributed by atoms with Crippen molar-refractivity contribution in [3.8, 4) is 11.1 Å². The van der Waals surface area contributed by atoms with Gasteiger partial charge in [-0.05, 0) is 12.1 Å². The fourth-order valence-corrected chi connectivity index (χ4v) is 3.59. The van der Waals surface area contributed by atoms with Crippen LogP contribution in [0.1, 0.15) is 20.8 Å². The number of anilines is 1. The summed E-state index contributed by atoms with van der Waals surface area (Å²) in [6.07, 6.45) is 2.03. The van der Waals surface area contributed by atoms with E-state index in [9.17, 15) is 22.4 Å². The molecule has 28 heavy (non-hydrogen) atoms. The molecule has 1 aromatic heterocycles. The Morgan fingerprint density at radius 3 is 2.46 bits per heavy atom. The number of H-pyrrole nitrogens is 1.